The van der Waals surface area contributed by atoms with Gasteiger partial charge in [-0.3, -0.25) is 0 Å². The molecule has 1 aromatic carbocycles. The van der Waals surface area contributed by atoms with E-state index in [4.69, 9.17) is 0 Å². The molecule has 0 amide bonds. The molecule has 0 aromatic heterocycles. The summed E-state index contributed by atoms with van der Waals surface area (Å²) in [5, 5.41) is 13.3. The number of nitrogens with one attached hydrogen (secondary N) is 1. The minimum atomic E-state index is -0.144. The van der Waals surface area contributed by atoms with E-state index >= 15 is 0 Å². The maximum atomic E-state index is 9.87. The molecule has 19 heavy (non-hydrogen) atoms. The number of benzene rings is 1. The van der Waals surface area contributed by atoms with E-state index in [0.717, 1.165) is 25.9 Å². The van der Waals surface area contributed by atoms with Crippen molar-refractivity contribution in [2.24, 2.45) is 5.92 Å². The molecule has 106 valence electrons. The van der Waals surface area contributed by atoms with Crippen LogP contribution in [-0.2, 0) is 0 Å². The summed E-state index contributed by atoms with van der Waals surface area (Å²) in [4.78, 5) is 2.42. The van der Waals surface area contributed by atoms with Crippen LogP contribution >= 0.6 is 0 Å². The molecule has 3 heteroatoms. The van der Waals surface area contributed by atoms with Crippen LogP contribution in [0.5, 0.6) is 0 Å². The monoisotopic (exact) mass is 262 g/mol. The molecule has 1 aromatic rings. The molecule has 1 fully saturated rings. The molecular weight excluding hydrogens is 236 g/mol. The number of para-hydroxylation sites is 1. The van der Waals surface area contributed by atoms with Gasteiger partial charge in [0.25, 0.3) is 0 Å². The standard InChI is InChI=1S/C16H26N2O/c1-4-14(17-3)13-7-5-6-8-15(13)18-10-9-16(19)12(2)11-18/h5-8,12,14,16-17,19H,4,9-11H2,1-3H3. The highest BCUT2D eigenvalue weighted by atomic mass is 16.3. The third-order valence-electron chi connectivity index (χ3n) is 4.27. The topological polar surface area (TPSA) is 35.5 Å². The van der Waals surface area contributed by atoms with Gasteiger partial charge in [-0.05, 0) is 37.4 Å². The molecule has 1 aliphatic rings. The predicted octanol–water partition coefficient (Wildman–Crippen LogP) is 2.56. The van der Waals surface area contributed by atoms with Crippen molar-refractivity contribution in [2.45, 2.75) is 38.8 Å². The molecule has 3 atom stereocenters. The van der Waals surface area contributed by atoms with Crippen molar-refractivity contribution in [1.82, 2.24) is 5.32 Å². The van der Waals surface area contributed by atoms with E-state index in [9.17, 15) is 5.11 Å². The van der Waals surface area contributed by atoms with E-state index in [1.165, 1.54) is 11.3 Å². The molecule has 0 aliphatic carbocycles. The highest BCUT2D eigenvalue weighted by Crippen LogP contribution is 2.31. The first kappa shape index (κ1) is 14.4. The quantitative estimate of drug-likeness (QED) is 0.875. The number of piperidine rings is 1. The minimum absolute atomic E-state index is 0.144. The number of anilines is 1. The summed E-state index contributed by atoms with van der Waals surface area (Å²) >= 11 is 0. The van der Waals surface area contributed by atoms with Crippen molar-refractivity contribution in [3.05, 3.63) is 29.8 Å². The van der Waals surface area contributed by atoms with Gasteiger partial charge in [-0.25, -0.2) is 0 Å². The van der Waals surface area contributed by atoms with Crippen molar-refractivity contribution in [3.63, 3.8) is 0 Å². The second-order valence-corrected chi connectivity index (χ2v) is 5.59. The highest BCUT2D eigenvalue weighted by Gasteiger charge is 2.26. The van der Waals surface area contributed by atoms with E-state index in [2.05, 4.69) is 48.3 Å². The van der Waals surface area contributed by atoms with Crippen molar-refractivity contribution >= 4 is 5.69 Å². The summed E-state index contributed by atoms with van der Waals surface area (Å²) in [6.07, 6.45) is 1.81. The summed E-state index contributed by atoms with van der Waals surface area (Å²) in [7, 11) is 2.02. The number of hydrogen-bond donors (Lipinski definition) is 2. The van der Waals surface area contributed by atoms with Crippen LogP contribution in [0.4, 0.5) is 5.69 Å². The molecule has 2 N–H and O–H groups in total. The van der Waals surface area contributed by atoms with Gasteiger partial charge in [0.05, 0.1) is 6.10 Å². The number of aliphatic hydroxyl groups excluding tert-OH is 1. The van der Waals surface area contributed by atoms with E-state index in [-0.39, 0.29) is 6.10 Å². The Bertz CT molecular complexity index is 403. The van der Waals surface area contributed by atoms with Crippen LogP contribution in [-0.4, -0.2) is 31.3 Å². The molecular formula is C16H26N2O. The van der Waals surface area contributed by atoms with E-state index in [1.54, 1.807) is 0 Å². The number of hydrogen-bond acceptors (Lipinski definition) is 3. The van der Waals surface area contributed by atoms with Crippen molar-refractivity contribution < 1.29 is 5.11 Å². The van der Waals surface area contributed by atoms with Crippen LogP contribution in [0, 0.1) is 5.92 Å². The Morgan fingerprint density at radius 1 is 1.42 bits per heavy atom. The van der Waals surface area contributed by atoms with Gasteiger partial charge in [0.1, 0.15) is 0 Å². The van der Waals surface area contributed by atoms with Gasteiger partial charge < -0.3 is 15.3 Å². The molecule has 0 saturated carbocycles. The van der Waals surface area contributed by atoms with Gasteiger partial charge in [0, 0.05) is 24.8 Å². The minimum Gasteiger partial charge on any atom is -0.393 e. The smallest absolute Gasteiger partial charge is 0.0599 e. The molecule has 0 bridgehead atoms. The molecule has 1 saturated heterocycles. The average Bonchev–Trinajstić information content (AvgIpc) is 2.44. The third kappa shape index (κ3) is 3.10. The van der Waals surface area contributed by atoms with E-state index in [1.807, 2.05) is 7.05 Å². The first-order valence-electron chi connectivity index (χ1n) is 7.36. The second-order valence-electron chi connectivity index (χ2n) is 5.59. The van der Waals surface area contributed by atoms with Gasteiger partial charge in [-0.15, -0.1) is 0 Å². The van der Waals surface area contributed by atoms with Crippen LogP contribution in [0.25, 0.3) is 0 Å². The molecule has 1 heterocycles. The third-order valence-corrected chi connectivity index (χ3v) is 4.27. The summed E-state index contributed by atoms with van der Waals surface area (Å²) in [6.45, 7) is 6.23. The molecule has 0 spiro atoms. The lowest BCUT2D eigenvalue weighted by molar-refractivity contribution is 0.0970. The first-order valence-corrected chi connectivity index (χ1v) is 7.36. The van der Waals surface area contributed by atoms with E-state index in [0.29, 0.717) is 12.0 Å². The second kappa shape index (κ2) is 6.40. The summed E-state index contributed by atoms with van der Waals surface area (Å²) in [5.74, 6) is 0.344. The van der Waals surface area contributed by atoms with Crippen LogP contribution in [0.3, 0.4) is 0 Å². The zero-order valence-corrected chi connectivity index (χ0v) is 12.3. The fourth-order valence-corrected chi connectivity index (χ4v) is 3.00. The number of rotatable bonds is 4. The first-order chi connectivity index (χ1) is 9.17. The highest BCUT2D eigenvalue weighted by molar-refractivity contribution is 5.55. The maximum Gasteiger partial charge on any atom is 0.0599 e. The Balaban J connectivity index is 2.24. The molecule has 1 aliphatic heterocycles. The lowest BCUT2D eigenvalue weighted by atomic mass is 9.94. The summed E-state index contributed by atoms with van der Waals surface area (Å²) in [6, 6.07) is 9.05. The Morgan fingerprint density at radius 2 is 2.16 bits per heavy atom. The van der Waals surface area contributed by atoms with Gasteiger partial charge >= 0.3 is 0 Å². The van der Waals surface area contributed by atoms with Gasteiger partial charge in [-0.2, -0.15) is 0 Å². The molecule has 0 radical (unpaired) electrons. The summed E-state index contributed by atoms with van der Waals surface area (Å²) < 4.78 is 0. The van der Waals surface area contributed by atoms with Crippen molar-refractivity contribution in [2.75, 3.05) is 25.0 Å². The number of aliphatic hydroxyl groups is 1. The lowest BCUT2D eigenvalue weighted by Gasteiger charge is -2.37. The maximum absolute atomic E-state index is 9.87. The van der Waals surface area contributed by atoms with Gasteiger partial charge in [0.15, 0.2) is 0 Å². The van der Waals surface area contributed by atoms with Crippen molar-refractivity contribution in [1.29, 1.82) is 0 Å². The fourth-order valence-electron chi connectivity index (χ4n) is 3.00. The SMILES string of the molecule is CCC(NC)c1ccccc1N1CCC(O)C(C)C1. The van der Waals surface area contributed by atoms with Crippen LogP contribution in [0.15, 0.2) is 24.3 Å². The zero-order chi connectivity index (χ0) is 13.8. The Kier molecular flexibility index (Phi) is 4.83. The Hall–Kier alpha value is -1.06. The van der Waals surface area contributed by atoms with Crippen molar-refractivity contribution in [3.8, 4) is 0 Å². The van der Waals surface area contributed by atoms with Crippen LogP contribution in [0.2, 0.25) is 0 Å². The normalized spacial score (nSPS) is 25.4. The Labute approximate surface area is 116 Å². The molecule has 3 unspecified atom stereocenters. The Morgan fingerprint density at radius 3 is 2.79 bits per heavy atom. The van der Waals surface area contributed by atoms with Crippen LogP contribution < -0.4 is 10.2 Å². The summed E-state index contributed by atoms with van der Waals surface area (Å²) in [5.41, 5.74) is 2.69. The molecule has 2 rings (SSSR count). The van der Waals surface area contributed by atoms with Gasteiger partial charge in [-0.1, -0.05) is 32.0 Å². The van der Waals surface area contributed by atoms with Crippen LogP contribution in [0.1, 0.15) is 38.3 Å². The molecule has 3 nitrogen and oxygen atoms in total. The zero-order valence-electron chi connectivity index (χ0n) is 12.3. The lowest BCUT2D eigenvalue weighted by Crippen LogP contribution is -2.42. The average molecular weight is 262 g/mol. The number of nitrogens with zero attached hydrogens (tertiary/aromatic N) is 1. The van der Waals surface area contributed by atoms with E-state index < -0.39 is 0 Å². The fraction of sp³-hybridized carbons (Fsp3) is 0.625. The van der Waals surface area contributed by atoms with Gasteiger partial charge in [0.2, 0.25) is 0 Å². The largest absolute Gasteiger partial charge is 0.393 e. The predicted molar refractivity (Wildman–Crippen MR) is 80.5 cm³/mol.